The summed E-state index contributed by atoms with van der Waals surface area (Å²) in [5, 5.41) is 2.52. The summed E-state index contributed by atoms with van der Waals surface area (Å²) in [6.07, 6.45) is -3.61. The van der Waals surface area contributed by atoms with E-state index in [1.165, 1.54) is 6.07 Å². The highest BCUT2D eigenvalue weighted by molar-refractivity contribution is 5.99. The highest BCUT2D eigenvalue weighted by Gasteiger charge is 2.48. The fourth-order valence-electron chi connectivity index (χ4n) is 2.22. The van der Waals surface area contributed by atoms with Crippen molar-refractivity contribution in [3.8, 4) is 0 Å². The number of benzene rings is 1. The Morgan fingerprint density at radius 2 is 2.00 bits per heavy atom. The number of nitrogens with one attached hydrogen (secondary N) is 1. The third kappa shape index (κ3) is 1.31. The highest BCUT2D eigenvalue weighted by Crippen LogP contribution is 2.53. The van der Waals surface area contributed by atoms with E-state index in [9.17, 15) is 18.0 Å². The Balaban J connectivity index is 2.06. The van der Waals surface area contributed by atoms with Crippen LogP contribution in [-0.4, -0.2) is 5.91 Å². The molecule has 1 heterocycles. The lowest BCUT2D eigenvalue weighted by Gasteiger charge is -2.18. The predicted molar refractivity (Wildman–Crippen MR) is 50.9 cm³/mol. The average molecular weight is 227 g/mol. The number of alkyl halides is 3. The van der Waals surface area contributed by atoms with Gasteiger partial charge in [-0.1, -0.05) is 6.07 Å². The number of halogens is 3. The van der Waals surface area contributed by atoms with Crippen LogP contribution in [0.25, 0.3) is 0 Å². The first-order valence-corrected chi connectivity index (χ1v) is 4.99. The second-order valence-corrected chi connectivity index (χ2v) is 4.24. The van der Waals surface area contributed by atoms with Crippen LogP contribution in [-0.2, 0) is 11.0 Å². The Morgan fingerprint density at radius 1 is 1.25 bits per heavy atom. The topological polar surface area (TPSA) is 29.1 Å². The molecule has 0 aromatic heterocycles. The monoisotopic (exact) mass is 227 g/mol. The van der Waals surface area contributed by atoms with Crippen molar-refractivity contribution in [3.05, 3.63) is 29.3 Å². The van der Waals surface area contributed by atoms with Crippen LogP contribution in [0.15, 0.2) is 18.2 Å². The van der Waals surface area contributed by atoms with Crippen LogP contribution in [0.2, 0.25) is 0 Å². The van der Waals surface area contributed by atoms with Crippen molar-refractivity contribution < 1.29 is 18.0 Å². The predicted octanol–water partition coefficient (Wildman–Crippen LogP) is 2.76. The molecule has 5 heteroatoms. The lowest BCUT2D eigenvalue weighted by Crippen LogP contribution is -2.20. The first-order valence-electron chi connectivity index (χ1n) is 4.99. The van der Waals surface area contributed by atoms with E-state index < -0.39 is 11.7 Å². The van der Waals surface area contributed by atoms with Crippen LogP contribution in [0.5, 0.6) is 0 Å². The van der Waals surface area contributed by atoms with Gasteiger partial charge in [0, 0.05) is 11.6 Å². The van der Waals surface area contributed by atoms with Crippen LogP contribution < -0.4 is 5.32 Å². The van der Waals surface area contributed by atoms with Crippen molar-refractivity contribution in [3.63, 3.8) is 0 Å². The van der Waals surface area contributed by atoms with E-state index >= 15 is 0 Å². The van der Waals surface area contributed by atoms with Crippen LogP contribution in [0.3, 0.4) is 0 Å². The largest absolute Gasteiger partial charge is 0.416 e. The van der Waals surface area contributed by atoms with Gasteiger partial charge in [0.2, 0.25) is 5.91 Å². The van der Waals surface area contributed by atoms with Crippen LogP contribution in [0, 0.1) is 5.92 Å². The molecular formula is C11H8F3NO. The summed E-state index contributed by atoms with van der Waals surface area (Å²) >= 11 is 0. The Bertz CT molecular complexity index is 481. The Morgan fingerprint density at radius 3 is 2.69 bits per heavy atom. The van der Waals surface area contributed by atoms with Gasteiger partial charge in [-0.3, -0.25) is 4.79 Å². The molecule has 0 radical (unpaired) electrons. The lowest BCUT2D eigenvalue weighted by molar-refractivity contribution is -0.137. The van der Waals surface area contributed by atoms with E-state index in [1.54, 1.807) is 0 Å². The molecule has 2 aliphatic rings. The number of carbonyl (C=O) groups is 1. The van der Waals surface area contributed by atoms with E-state index in [0.29, 0.717) is 5.69 Å². The zero-order valence-electron chi connectivity index (χ0n) is 8.14. The number of hydrogen-bond donors (Lipinski definition) is 1. The molecule has 1 N–H and O–H groups in total. The maximum atomic E-state index is 12.4. The van der Waals surface area contributed by atoms with Gasteiger partial charge >= 0.3 is 6.18 Å². The van der Waals surface area contributed by atoms with E-state index in [1.807, 2.05) is 0 Å². The van der Waals surface area contributed by atoms with E-state index in [0.717, 1.165) is 24.1 Å². The normalized spacial score (nSPS) is 26.8. The van der Waals surface area contributed by atoms with Gasteiger partial charge in [-0.15, -0.1) is 0 Å². The zero-order valence-corrected chi connectivity index (χ0v) is 8.14. The Kier molecular flexibility index (Phi) is 1.68. The average Bonchev–Trinajstić information content (AvgIpc) is 2.95. The van der Waals surface area contributed by atoms with Gasteiger partial charge in [0.15, 0.2) is 0 Å². The molecule has 1 aromatic rings. The van der Waals surface area contributed by atoms with Gasteiger partial charge < -0.3 is 5.32 Å². The first kappa shape index (κ1) is 9.69. The number of fused-ring (bicyclic) bond motifs is 3. The maximum Gasteiger partial charge on any atom is 0.416 e. The van der Waals surface area contributed by atoms with Gasteiger partial charge in [0.25, 0.3) is 0 Å². The molecule has 1 aliphatic carbocycles. The molecule has 16 heavy (non-hydrogen) atoms. The molecule has 1 aliphatic heterocycles. The molecule has 1 amide bonds. The van der Waals surface area contributed by atoms with Crippen LogP contribution in [0.1, 0.15) is 23.5 Å². The van der Waals surface area contributed by atoms with Gasteiger partial charge in [-0.05, 0) is 30.0 Å². The summed E-state index contributed by atoms with van der Waals surface area (Å²) in [6.45, 7) is 0. The summed E-state index contributed by atoms with van der Waals surface area (Å²) in [6, 6.07) is 3.57. The summed E-state index contributed by atoms with van der Waals surface area (Å²) < 4.78 is 37.3. The number of amides is 1. The molecule has 0 saturated heterocycles. The second-order valence-electron chi connectivity index (χ2n) is 4.24. The zero-order chi connectivity index (χ0) is 11.5. The minimum absolute atomic E-state index is 0.0239. The SMILES string of the molecule is O=C1Nc2cc(C(F)(F)F)ccc2C2CC12. The van der Waals surface area contributed by atoms with Crippen molar-refractivity contribution in [2.45, 2.75) is 18.5 Å². The van der Waals surface area contributed by atoms with Crippen molar-refractivity contribution in [1.29, 1.82) is 0 Å². The second kappa shape index (κ2) is 2.78. The van der Waals surface area contributed by atoms with Gasteiger partial charge in [-0.25, -0.2) is 0 Å². The lowest BCUT2D eigenvalue weighted by atomic mass is 10.0. The molecule has 1 aromatic carbocycles. The number of hydrogen-bond acceptors (Lipinski definition) is 1. The third-order valence-corrected chi connectivity index (χ3v) is 3.17. The van der Waals surface area contributed by atoms with Crippen LogP contribution >= 0.6 is 0 Å². The summed E-state index contributed by atoms with van der Waals surface area (Å²) in [4.78, 5) is 11.4. The van der Waals surface area contributed by atoms with Crippen molar-refractivity contribution >= 4 is 11.6 Å². The van der Waals surface area contributed by atoms with Crippen LogP contribution in [0.4, 0.5) is 18.9 Å². The van der Waals surface area contributed by atoms with Crippen molar-refractivity contribution in [1.82, 2.24) is 0 Å². The molecule has 0 bridgehead atoms. The van der Waals surface area contributed by atoms with Crippen molar-refractivity contribution in [2.75, 3.05) is 5.32 Å². The standard InChI is InChI=1S/C11H8F3NO/c12-11(13,14)5-1-2-6-7-4-8(7)10(16)15-9(6)3-5/h1-3,7-8H,4H2,(H,15,16). The third-order valence-electron chi connectivity index (χ3n) is 3.17. The quantitative estimate of drug-likeness (QED) is 0.725. The minimum Gasteiger partial charge on any atom is -0.326 e. The van der Waals surface area contributed by atoms with E-state index in [4.69, 9.17) is 0 Å². The van der Waals surface area contributed by atoms with Crippen molar-refractivity contribution in [2.24, 2.45) is 5.92 Å². The minimum atomic E-state index is -4.36. The molecule has 1 fully saturated rings. The molecule has 2 nitrogen and oxygen atoms in total. The Labute approximate surface area is 89.5 Å². The molecule has 1 saturated carbocycles. The smallest absolute Gasteiger partial charge is 0.326 e. The summed E-state index contributed by atoms with van der Waals surface area (Å²) in [5.74, 6) is -0.0490. The molecule has 3 rings (SSSR count). The van der Waals surface area contributed by atoms with E-state index in [-0.39, 0.29) is 17.7 Å². The highest BCUT2D eigenvalue weighted by atomic mass is 19.4. The van der Waals surface area contributed by atoms with Gasteiger partial charge in [0.1, 0.15) is 0 Å². The Hall–Kier alpha value is -1.52. The molecule has 0 spiro atoms. The van der Waals surface area contributed by atoms with Gasteiger partial charge in [-0.2, -0.15) is 13.2 Å². The molecule has 84 valence electrons. The summed E-state index contributed by atoms with van der Waals surface area (Å²) in [7, 11) is 0. The maximum absolute atomic E-state index is 12.4. The number of rotatable bonds is 0. The number of anilines is 1. The van der Waals surface area contributed by atoms with E-state index in [2.05, 4.69) is 5.32 Å². The van der Waals surface area contributed by atoms with Gasteiger partial charge in [0.05, 0.1) is 5.56 Å². The first-order chi connectivity index (χ1) is 7.47. The molecule has 2 unspecified atom stereocenters. The molecular weight excluding hydrogens is 219 g/mol. The fourth-order valence-corrected chi connectivity index (χ4v) is 2.22. The number of carbonyl (C=O) groups excluding carboxylic acids is 1. The summed E-state index contributed by atoms with van der Waals surface area (Å²) in [5.41, 5.74) is 0.432. The fraction of sp³-hybridized carbons (Fsp3) is 0.364. The molecule has 2 atom stereocenters.